The molecule has 8 heteroatoms. The first-order valence-electron chi connectivity index (χ1n) is 8.12. The van der Waals surface area contributed by atoms with Crippen LogP contribution in [0.2, 0.25) is 0 Å². The number of hydrogen-bond donors (Lipinski definition) is 1. The number of rotatable bonds is 5. The first-order chi connectivity index (χ1) is 11.3. The lowest BCUT2D eigenvalue weighted by atomic mass is 10.1. The van der Waals surface area contributed by atoms with Crippen LogP contribution in [0, 0.1) is 6.92 Å². The monoisotopic (exact) mass is 332 g/mol. The molecule has 0 aliphatic carbocycles. The smallest absolute Gasteiger partial charge is 0.194 e. The molecule has 24 heavy (non-hydrogen) atoms. The van der Waals surface area contributed by atoms with Crippen molar-refractivity contribution in [3.05, 3.63) is 29.1 Å². The molecule has 0 saturated heterocycles. The van der Waals surface area contributed by atoms with Crippen LogP contribution in [0.5, 0.6) is 0 Å². The van der Waals surface area contributed by atoms with E-state index in [4.69, 9.17) is 0 Å². The van der Waals surface area contributed by atoms with Crippen LogP contribution in [0.3, 0.4) is 0 Å². The maximum absolute atomic E-state index is 4.56. The van der Waals surface area contributed by atoms with Gasteiger partial charge in [-0.25, -0.2) is 0 Å². The molecule has 0 unspecified atom stereocenters. The lowest BCUT2D eigenvalue weighted by Gasteiger charge is -2.22. The summed E-state index contributed by atoms with van der Waals surface area (Å²) in [6, 6.07) is 0. The van der Waals surface area contributed by atoms with Crippen molar-refractivity contribution >= 4 is 5.96 Å². The number of guanidine groups is 1. The van der Waals surface area contributed by atoms with Crippen molar-refractivity contribution in [2.24, 2.45) is 19.1 Å². The van der Waals surface area contributed by atoms with Crippen LogP contribution in [0.15, 0.2) is 11.2 Å². The molecule has 0 bridgehead atoms. The Hall–Kier alpha value is -2.38. The van der Waals surface area contributed by atoms with E-state index in [-0.39, 0.29) is 0 Å². The Morgan fingerprint density at radius 2 is 2.04 bits per heavy atom. The molecule has 0 radical (unpaired) electrons. The van der Waals surface area contributed by atoms with E-state index in [0.717, 1.165) is 29.8 Å². The molecule has 132 valence electrons. The molecule has 2 heterocycles. The Morgan fingerprint density at radius 3 is 2.58 bits per heavy atom. The quantitative estimate of drug-likeness (QED) is 0.657. The molecule has 2 rings (SSSR count). The van der Waals surface area contributed by atoms with Gasteiger partial charge in [0.1, 0.15) is 5.82 Å². The number of hydrogen-bond acceptors (Lipinski definition) is 4. The summed E-state index contributed by atoms with van der Waals surface area (Å²) in [5.41, 5.74) is 2.34. The second kappa shape index (κ2) is 7.46. The average Bonchev–Trinajstić information content (AvgIpc) is 3.04. The molecule has 0 spiro atoms. The fourth-order valence-corrected chi connectivity index (χ4v) is 2.64. The molecule has 1 N–H and O–H groups in total. The van der Waals surface area contributed by atoms with Gasteiger partial charge in [-0.3, -0.25) is 9.67 Å². The van der Waals surface area contributed by atoms with Crippen LogP contribution >= 0.6 is 0 Å². The van der Waals surface area contributed by atoms with Crippen LogP contribution in [-0.2, 0) is 27.2 Å². The summed E-state index contributed by atoms with van der Waals surface area (Å²) in [4.78, 5) is 6.45. The van der Waals surface area contributed by atoms with Crippen LogP contribution in [0.4, 0.5) is 0 Å². The summed E-state index contributed by atoms with van der Waals surface area (Å²) in [5, 5.41) is 16.1. The molecular weight excluding hydrogens is 304 g/mol. The van der Waals surface area contributed by atoms with Crippen molar-refractivity contribution in [2.45, 2.75) is 39.8 Å². The highest BCUT2D eigenvalue weighted by Gasteiger charge is 2.15. The highest BCUT2D eigenvalue weighted by molar-refractivity contribution is 5.79. The van der Waals surface area contributed by atoms with E-state index in [0.29, 0.717) is 12.5 Å². The summed E-state index contributed by atoms with van der Waals surface area (Å²) in [6.07, 6.45) is 2.07. The zero-order chi connectivity index (χ0) is 17.9. The third-order valence-electron chi connectivity index (χ3n) is 4.05. The van der Waals surface area contributed by atoms with E-state index in [2.05, 4.69) is 50.5 Å². The molecule has 0 atom stereocenters. The van der Waals surface area contributed by atoms with Crippen molar-refractivity contribution in [1.82, 2.24) is 34.8 Å². The molecule has 8 nitrogen and oxygen atoms in total. The Bertz CT molecular complexity index is 710. The summed E-state index contributed by atoms with van der Waals surface area (Å²) >= 11 is 0. The van der Waals surface area contributed by atoms with Crippen molar-refractivity contribution < 1.29 is 0 Å². The van der Waals surface area contributed by atoms with Crippen LogP contribution in [0.25, 0.3) is 0 Å². The van der Waals surface area contributed by atoms with Gasteiger partial charge in [0.15, 0.2) is 11.8 Å². The fourth-order valence-electron chi connectivity index (χ4n) is 2.64. The molecule has 0 amide bonds. The Labute approximate surface area is 143 Å². The van der Waals surface area contributed by atoms with Crippen molar-refractivity contribution in [2.75, 3.05) is 14.1 Å². The Morgan fingerprint density at radius 1 is 1.33 bits per heavy atom. The molecule has 0 fully saturated rings. The summed E-state index contributed by atoms with van der Waals surface area (Å²) in [7, 11) is 7.73. The van der Waals surface area contributed by atoms with Gasteiger partial charge in [0.2, 0.25) is 0 Å². The average molecular weight is 332 g/mol. The lowest BCUT2D eigenvalue weighted by Crippen LogP contribution is -2.38. The second-order valence-corrected chi connectivity index (χ2v) is 6.35. The van der Waals surface area contributed by atoms with Crippen LogP contribution in [-0.4, -0.2) is 49.5 Å². The van der Waals surface area contributed by atoms with Gasteiger partial charge in [-0.15, -0.1) is 10.2 Å². The van der Waals surface area contributed by atoms with E-state index in [1.54, 1.807) is 7.05 Å². The number of aromatic nitrogens is 5. The van der Waals surface area contributed by atoms with Gasteiger partial charge in [-0.1, -0.05) is 13.8 Å². The molecule has 0 aliphatic rings. The molecule has 2 aromatic heterocycles. The van der Waals surface area contributed by atoms with E-state index >= 15 is 0 Å². The van der Waals surface area contributed by atoms with E-state index in [1.165, 1.54) is 5.56 Å². The van der Waals surface area contributed by atoms with Gasteiger partial charge in [0.25, 0.3) is 0 Å². The highest BCUT2D eigenvalue weighted by atomic mass is 15.3. The van der Waals surface area contributed by atoms with Crippen molar-refractivity contribution in [1.29, 1.82) is 0 Å². The molecule has 0 aromatic carbocycles. The Kier molecular flexibility index (Phi) is 5.58. The predicted molar refractivity (Wildman–Crippen MR) is 94.7 cm³/mol. The minimum Gasteiger partial charge on any atom is -0.349 e. The predicted octanol–water partition coefficient (Wildman–Crippen LogP) is 1.19. The standard InChI is InChI=1S/C16H28N8/c1-11(2)15-13(10-23(6)21-15)9-22(5)16(17-4)18-8-14-20-19-12(3)24(14)7/h10-11H,8-9H2,1-7H3,(H,17,18). The largest absolute Gasteiger partial charge is 0.349 e. The molecule has 0 aliphatic heterocycles. The van der Waals surface area contributed by atoms with Crippen LogP contribution in [0.1, 0.15) is 42.7 Å². The van der Waals surface area contributed by atoms with Gasteiger partial charge >= 0.3 is 0 Å². The summed E-state index contributed by atoms with van der Waals surface area (Å²) in [5.74, 6) is 2.98. The third-order valence-corrected chi connectivity index (χ3v) is 4.05. The zero-order valence-corrected chi connectivity index (χ0v) is 15.7. The summed E-state index contributed by atoms with van der Waals surface area (Å²) in [6.45, 7) is 7.59. The minimum absolute atomic E-state index is 0.395. The number of nitrogens with zero attached hydrogens (tertiary/aromatic N) is 7. The van der Waals surface area contributed by atoms with E-state index in [9.17, 15) is 0 Å². The number of nitrogens with one attached hydrogen (secondary N) is 1. The Balaban J connectivity index is 2.04. The number of aryl methyl sites for hydroxylation is 2. The zero-order valence-electron chi connectivity index (χ0n) is 15.7. The topological polar surface area (TPSA) is 76.2 Å². The van der Waals surface area contributed by atoms with Gasteiger partial charge in [0, 0.05) is 46.5 Å². The second-order valence-electron chi connectivity index (χ2n) is 6.35. The minimum atomic E-state index is 0.395. The third kappa shape index (κ3) is 3.93. The van der Waals surface area contributed by atoms with Crippen LogP contribution < -0.4 is 5.32 Å². The van der Waals surface area contributed by atoms with E-state index < -0.39 is 0 Å². The SMILES string of the molecule is CN=C(NCc1nnc(C)n1C)N(C)Cc1cn(C)nc1C(C)C. The van der Waals surface area contributed by atoms with Gasteiger partial charge in [-0.2, -0.15) is 5.10 Å². The lowest BCUT2D eigenvalue weighted by molar-refractivity contribution is 0.471. The van der Waals surface area contributed by atoms with Crippen molar-refractivity contribution in [3.63, 3.8) is 0 Å². The van der Waals surface area contributed by atoms with Gasteiger partial charge < -0.3 is 14.8 Å². The highest BCUT2D eigenvalue weighted by Crippen LogP contribution is 2.18. The van der Waals surface area contributed by atoms with Gasteiger partial charge in [0.05, 0.1) is 12.2 Å². The fraction of sp³-hybridized carbons (Fsp3) is 0.625. The normalized spacial score (nSPS) is 12.1. The maximum atomic E-state index is 4.56. The maximum Gasteiger partial charge on any atom is 0.194 e. The first kappa shape index (κ1) is 18.0. The van der Waals surface area contributed by atoms with E-state index in [1.807, 2.05) is 37.3 Å². The molecule has 0 saturated carbocycles. The molecule has 2 aromatic rings. The summed E-state index contributed by atoms with van der Waals surface area (Å²) < 4.78 is 3.84. The molecular formula is C16H28N8. The van der Waals surface area contributed by atoms with Crippen molar-refractivity contribution in [3.8, 4) is 0 Å². The first-order valence-corrected chi connectivity index (χ1v) is 8.12. The van der Waals surface area contributed by atoms with Gasteiger partial charge in [-0.05, 0) is 12.8 Å². The number of aliphatic imine (C=N–C) groups is 1.